The Balaban J connectivity index is 1.29. The third-order valence-electron chi connectivity index (χ3n) is 12.8. The third kappa shape index (κ3) is 10.1. The van der Waals surface area contributed by atoms with Crippen LogP contribution in [0, 0.1) is 0 Å². The lowest BCUT2D eigenvalue weighted by Crippen LogP contribution is -2.17. The molecule has 0 amide bonds. The second-order valence-corrected chi connectivity index (χ2v) is 17.9. The van der Waals surface area contributed by atoms with Crippen LogP contribution in [-0.4, -0.2) is 76.9 Å². The Kier molecular flexibility index (Phi) is 14.8. The number of fused-ring (bicyclic) bond motifs is 18. The van der Waals surface area contributed by atoms with E-state index < -0.39 is 24.3 Å². The van der Waals surface area contributed by atoms with E-state index in [0.29, 0.717) is 105 Å². The number of carboxylic acid groups (broad SMARTS) is 2. The number of unbranched alkanes of at least 4 members (excludes halogenated alkanes) is 8. The fraction of sp³-hybridized carbons (Fsp3) is 0.407. The van der Waals surface area contributed by atoms with Crippen LogP contribution in [0.5, 0.6) is 23.0 Å². The number of hydrogen-bond donors (Lipinski definition) is 4. The number of nitrogens with one attached hydrogen (secondary N) is 2. The second kappa shape index (κ2) is 21.6. The number of carboxylic acids is 2. The van der Waals surface area contributed by atoms with Gasteiger partial charge in [-0.3, -0.25) is 5.32 Å². The van der Waals surface area contributed by atoms with Gasteiger partial charge in [0, 0.05) is 44.2 Å². The predicted octanol–water partition coefficient (Wildman–Crippen LogP) is 9.81. The molecule has 5 aromatic rings. The second-order valence-electron chi connectivity index (χ2n) is 17.9. The lowest BCUT2D eigenvalue weighted by molar-refractivity contribution is 0.0686. The first-order valence-electron chi connectivity index (χ1n) is 24.8. The molecule has 5 heterocycles. The molecule has 9 rings (SSSR count). The maximum absolute atomic E-state index is 12.4. The molecule has 1 aromatic heterocycles. The Hall–Kier alpha value is -7.20. The van der Waals surface area contributed by atoms with Crippen LogP contribution < -0.4 is 35.2 Å². The van der Waals surface area contributed by atoms with E-state index in [9.17, 15) is 19.8 Å². The number of nitrogens with zero attached hydrogens (tertiary/aromatic N) is 6. The van der Waals surface area contributed by atoms with Crippen molar-refractivity contribution in [3.63, 3.8) is 0 Å². The third-order valence-corrected chi connectivity index (χ3v) is 12.8. The summed E-state index contributed by atoms with van der Waals surface area (Å²) in [5.74, 6) is 1.39. The summed E-state index contributed by atoms with van der Waals surface area (Å²) in [4.78, 5) is 59.0. The Morgan fingerprint density at radius 3 is 1.37 bits per heavy atom. The van der Waals surface area contributed by atoms with Gasteiger partial charge in [-0.25, -0.2) is 39.5 Å². The number of ether oxygens (including phenoxy) is 4. The minimum Gasteiger partial charge on any atom is -0.490 e. The highest BCUT2D eigenvalue weighted by molar-refractivity contribution is 6.24. The van der Waals surface area contributed by atoms with Crippen molar-refractivity contribution in [2.45, 2.75) is 117 Å². The van der Waals surface area contributed by atoms with Gasteiger partial charge >= 0.3 is 11.9 Å². The Morgan fingerprint density at radius 1 is 0.471 bits per heavy atom. The van der Waals surface area contributed by atoms with Gasteiger partial charge in [-0.05, 0) is 86.3 Å². The van der Waals surface area contributed by atoms with E-state index in [2.05, 4.69) is 38.0 Å². The smallest absolute Gasteiger partial charge is 0.335 e. The SMILES string of the molecule is CCCCCOc1cc2c(cc1OCCCCC)/C1=N/C3NC(/N=C4\N=C(N=c5[nH]c(c6ccc(C(=O)O)cc56)=NC2=N1)c1ccc(C(=O)O)cc14)c1cc(OCCCCC)c(OCCCCC)cc13. The van der Waals surface area contributed by atoms with Crippen molar-refractivity contribution in [2.24, 2.45) is 30.0 Å². The Labute approximate surface area is 406 Å². The van der Waals surface area contributed by atoms with Crippen molar-refractivity contribution in [2.75, 3.05) is 26.4 Å². The van der Waals surface area contributed by atoms with E-state index in [0.717, 1.165) is 88.2 Å². The first kappa shape index (κ1) is 47.8. The van der Waals surface area contributed by atoms with E-state index in [4.69, 9.17) is 48.9 Å². The van der Waals surface area contributed by atoms with Crippen LogP contribution in [0.2, 0.25) is 0 Å². The molecule has 4 N–H and O–H groups in total. The van der Waals surface area contributed by atoms with Gasteiger partial charge in [-0.2, -0.15) is 0 Å². The van der Waals surface area contributed by atoms with Gasteiger partial charge in [-0.1, -0.05) is 79.1 Å². The van der Waals surface area contributed by atoms with E-state index in [-0.39, 0.29) is 22.8 Å². The number of amidine groups is 4. The van der Waals surface area contributed by atoms with Gasteiger partial charge < -0.3 is 34.1 Å². The van der Waals surface area contributed by atoms with Crippen LogP contribution in [0.4, 0.5) is 0 Å². The van der Waals surface area contributed by atoms with Crippen molar-refractivity contribution in [1.82, 2.24) is 10.3 Å². The molecule has 4 aliphatic rings. The fourth-order valence-corrected chi connectivity index (χ4v) is 8.95. The molecular formula is C54H60N8O8. The van der Waals surface area contributed by atoms with Gasteiger partial charge in [0.05, 0.1) is 37.6 Å². The summed E-state index contributed by atoms with van der Waals surface area (Å²) in [5.41, 5.74) is 4.74. The highest BCUT2D eigenvalue weighted by Gasteiger charge is 2.36. The fourth-order valence-electron chi connectivity index (χ4n) is 8.95. The van der Waals surface area contributed by atoms with Crippen molar-refractivity contribution < 1.29 is 38.7 Å². The van der Waals surface area contributed by atoms with Crippen LogP contribution in [0.3, 0.4) is 0 Å². The summed E-state index contributed by atoms with van der Waals surface area (Å²) in [5, 5.41) is 24.9. The van der Waals surface area contributed by atoms with Gasteiger partial charge in [-0.15, -0.1) is 0 Å². The number of carbonyl (C=O) groups is 2. The number of hydrogen-bond acceptors (Lipinski definition) is 13. The van der Waals surface area contributed by atoms with Crippen LogP contribution in [-0.2, 0) is 0 Å². The molecule has 16 nitrogen and oxygen atoms in total. The number of benzene rings is 4. The molecule has 2 atom stereocenters. The molecule has 0 saturated carbocycles. The first-order chi connectivity index (χ1) is 34.2. The lowest BCUT2D eigenvalue weighted by atomic mass is 10.0. The Bertz CT molecular complexity index is 3080. The zero-order chi connectivity index (χ0) is 48.7. The molecular weight excluding hydrogens is 889 g/mol. The van der Waals surface area contributed by atoms with Gasteiger partial charge in [0.25, 0.3) is 0 Å². The molecule has 0 aliphatic carbocycles. The highest BCUT2D eigenvalue weighted by atomic mass is 16.5. The summed E-state index contributed by atoms with van der Waals surface area (Å²) in [6.45, 7) is 10.7. The van der Waals surface area contributed by atoms with E-state index >= 15 is 0 Å². The average molecular weight is 949 g/mol. The van der Waals surface area contributed by atoms with Crippen LogP contribution in [0.1, 0.15) is 171 Å². The molecule has 0 radical (unpaired) electrons. The van der Waals surface area contributed by atoms with Crippen LogP contribution in [0.15, 0.2) is 90.6 Å². The molecule has 16 heteroatoms. The van der Waals surface area contributed by atoms with Crippen LogP contribution in [0.25, 0.3) is 10.8 Å². The standard InChI is InChI=1S/C54H60N8O8/c1-5-9-13-21-67-41-27-37-38(28-42(41)68-22-14-10-6-2)51-60-49(37)58-46-33-19-17-31(53(63)64)25-35(33)47(56-46)55-45-34-20-18-32(54(65)66)26-36(34)48(57-45)59-50-39-29-43(69-23-15-11-7-3)44(70-24-16-12-8-4)30-40(39)52(61-50)62-51/h17-20,25-30,50,52,61H,5-16,21-24H2,1-4H3,(H,63,64)(H,65,66)(H,55,56,57,58,59,60,62). The van der Waals surface area contributed by atoms with Crippen LogP contribution >= 0.6 is 0 Å². The number of aromatic carboxylic acids is 2. The maximum Gasteiger partial charge on any atom is 0.335 e. The van der Waals surface area contributed by atoms with Gasteiger partial charge in [0.15, 0.2) is 46.3 Å². The average Bonchev–Trinajstić information content (AvgIpc) is 4.08. The van der Waals surface area contributed by atoms with Crippen molar-refractivity contribution in [1.29, 1.82) is 0 Å². The summed E-state index contributed by atoms with van der Waals surface area (Å²) < 4.78 is 25.9. The van der Waals surface area contributed by atoms with Gasteiger partial charge in [0.2, 0.25) is 0 Å². The number of aliphatic imine (C=N–C) groups is 4. The molecule has 4 aromatic carbocycles. The zero-order valence-electron chi connectivity index (χ0n) is 40.3. The minimum atomic E-state index is -1.11. The lowest BCUT2D eigenvalue weighted by Gasteiger charge is -2.16. The summed E-state index contributed by atoms with van der Waals surface area (Å²) >= 11 is 0. The molecule has 2 unspecified atom stereocenters. The molecule has 70 heavy (non-hydrogen) atoms. The molecule has 0 fully saturated rings. The highest BCUT2D eigenvalue weighted by Crippen LogP contribution is 2.44. The maximum atomic E-state index is 12.4. The number of aromatic nitrogens is 1. The summed E-state index contributed by atoms with van der Waals surface area (Å²) in [7, 11) is 0. The van der Waals surface area contributed by atoms with Gasteiger partial charge in [0.1, 0.15) is 23.3 Å². The molecule has 364 valence electrons. The molecule has 0 saturated heterocycles. The van der Waals surface area contributed by atoms with E-state index in [1.165, 1.54) is 12.1 Å². The monoisotopic (exact) mass is 948 g/mol. The van der Waals surface area contributed by atoms with E-state index in [1.54, 1.807) is 24.3 Å². The minimum absolute atomic E-state index is 0.0551. The summed E-state index contributed by atoms with van der Waals surface area (Å²) in [6, 6.07) is 17.3. The Morgan fingerprint density at radius 2 is 0.886 bits per heavy atom. The van der Waals surface area contributed by atoms with E-state index in [1.807, 2.05) is 24.3 Å². The van der Waals surface area contributed by atoms with Crippen molar-refractivity contribution in [3.05, 3.63) is 116 Å². The number of rotatable bonds is 22. The molecule has 8 bridgehead atoms. The summed E-state index contributed by atoms with van der Waals surface area (Å²) in [6.07, 6.45) is 10.4. The van der Waals surface area contributed by atoms with Crippen molar-refractivity contribution >= 4 is 46.1 Å². The normalized spacial score (nSPS) is 17.7. The molecule has 0 spiro atoms. The topological polar surface area (TPSA) is 213 Å². The molecule has 4 aliphatic heterocycles. The largest absolute Gasteiger partial charge is 0.490 e. The number of aromatic amines is 1. The number of H-pyrrole nitrogens is 1. The van der Waals surface area contributed by atoms with Crippen molar-refractivity contribution in [3.8, 4) is 23.0 Å². The predicted molar refractivity (Wildman–Crippen MR) is 269 cm³/mol. The quantitative estimate of drug-likeness (QED) is 0.0485. The first-order valence-corrected chi connectivity index (χ1v) is 24.8. The zero-order valence-corrected chi connectivity index (χ0v) is 40.3.